The first-order chi connectivity index (χ1) is 4.85. The van der Waals surface area contributed by atoms with Gasteiger partial charge in [-0.1, -0.05) is 13.5 Å². The molecule has 1 N–H and O–H groups in total. The molecule has 0 radical (unpaired) electrons. The quantitative estimate of drug-likeness (QED) is 0.580. The van der Waals surface area contributed by atoms with Gasteiger partial charge in [0.15, 0.2) is 0 Å². The molecule has 0 aliphatic heterocycles. The van der Waals surface area contributed by atoms with Crippen LogP contribution in [0.25, 0.3) is 0 Å². The van der Waals surface area contributed by atoms with Crippen molar-refractivity contribution in [3.63, 3.8) is 0 Å². The van der Waals surface area contributed by atoms with E-state index in [2.05, 4.69) is 19.2 Å². The summed E-state index contributed by atoms with van der Waals surface area (Å²) in [5.41, 5.74) is 2.77. The molecule has 58 valence electrons. The lowest BCUT2D eigenvalue weighted by Crippen LogP contribution is -1.95. The second-order valence-corrected chi connectivity index (χ2v) is 2.40. The highest BCUT2D eigenvalue weighted by molar-refractivity contribution is 4.83. The zero-order valence-corrected chi connectivity index (χ0v) is 6.64. The van der Waals surface area contributed by atoms with Crippen LogP contribution >= 0.6 is 0 Å². The van der Waals surface area contributed by atoms with E-state index in [0.29, 0.717) is 12.5 Å². The molecule has 0 rings (SSSR count). The number of allylic oxidation sites excluding steroid dienone is 1. The molecule has 1 nitrogen and oxygen atoms in total. The summed E-state index contributed by atoms with van der Waals surface area (Å²) in [6, 6.07) is 0. The summed E-state index contributed by atoms with van der Waals surface area (Å²) in [6.45, 7) is 5.94. The molecule has 10 heavy (non-hydrogen) atoms. The normalized spacial score (nSPS) is 12.2. The van der Waals surface area contributed by atoms with Gasteiger partial charge in [0.25, 0.3) is 0 Å². The van der Waals surface area contributed by atoms with Gasteiger partial charge in [-0.05, 0) is 31.3 Å². The van der Waals surface area contributed by atoms with Crippen molar-refractivity contribution in [2.75, 3.05) is 6.61 Å². The molecule has 0 bridgehead atoms. The SMILES string of the molecule is C=C=CC(CC)CCCO. The van der Waals surface area contributed by atoms with Crippen LogP contribution in [0.4, 0.5) is 0 Å². The topological polar surface area (TPSA) is 20.2 Å². The van der Waals surface area contributed by atoms with Gasteiger partial charge in [-0.15, -0.1) is 5.73 Å². The Labute approximate surface area is 63.1 Å². The summed E-state index contributed by atoms with van der Waals surface area (Å²) in [4.78, 5) is 0. The Balaban J connectivity index is 3.49. The zero-order chi connectivity index (χ0) is 7.82. The van der Waals surface area contributed by atoms with Crippen LogP contribution in [0.2, 0.25) is 0 Å². The molecule has 0 aliphatic carbocycles. The van der Waals surface area contributed by atoms with E-state index >= 15 is 0 Å². The molecule has 0 aromatic heterocycles. The molecule has 1 unspecified atom stereocenters. The van der Waals surface area contributed by atoms with Gasteiger partial charge in [-0.2, -0.15) is 0 Å². The lowest BCUT2D eigenvalue weighted by atomic mass is 10.0. The van der Waals surface area contributed by atoms with Crippen molar-refractivity contribution in [3.8, 4) is 0 Å². The Kier molecular flexibility index (Phi) is 6.25. The molecule has 0 saturated heterocycles. The van der Waals surface area contributed by atoms with Crippen LogP contribution in [0.5, 0.6) is 0 Å². The van der Waals surface area contributed by atoms with E-state index in [1.165, 1.54) is 0 Å². The minimum atomic E-state index is 0.293. The molecule has 1 atom stereocenters. The van der Waals surface area contributed by atoms with Gasteiger partial charge in [0, 0.05) is 6.61 Å². The third-order valence-electron chi connectivity index (χ3n) is 1.61. The summed E-state index contributed by atoms with van der Waals surface area (Å²) in [6.07, 6.45) is 5.03. The standard InChI is InChI=1S/C9H16O/c1-3-6-9(4-2)7-5-8-10/h6,9-10H,1,4-5,7-8H2,2H3. The van der Waals surface area contributed by atoms with Crippen LogP contribution in [0, 0.1) is 5.92 Å². The summed E-state index contributed by atoms with van der Waals surface area (Å²) in [5, 5.41) is 8.53. The van der Waals surface area contributed by atoms with Crippen LogP contribution in [0.1, 0.15) is 26.2 Å². The van der Waals surface area contributed by atoms with Crippen molar-refractivity contribution >= 4 is 0 Å². The van der Waals surface area contributed by atoms with Gasteiger partial charge in [-0.3, -0.25) is 0 Å². The highest BCUT2D eigenvalue weighted by atomic mass is 16.2. The predicted octanol–water partition coefficient (Wildman–Crippen LogP) is 2.13. The molecule has 0 amide bonds. The number of aliphatic hydroxyl groups excluding tert-OH is 1. The predicted molar refractivity (Wildman–Crippen MR) is 43.8 cm³/mol. The summed E-state index contributed by atoms with van der Waals surface area (Å²) < 4.78 is 0. The molecule has 0 aromatic rings. The van der Waals surface area contributed by atoms with Crippen molar-refractivity contribution < 1.29 is 5.11 Å². The second-order valence-electron chi connectivity index (χ2n) is 2.40. The van der Waals surface area contributed by atoms with Crippen LogP contribution in [-0.2, 0) is 0 Å². The third kappa shape index (κ3) is 4.37. The largest absolute Gasteiger partial charge is 0.396 e. The van der Waals surface area contributed by atoms with E-state index in [9.17, 15) is 0 Å². The summed E-state index contributed by atoms with van der Waals surface area (Å²) >= 11 is 0. The van der Waals surface area contributed by atoms with Crippen LogP contribution < -0.4 is 0 Å². The van der Waals surface area contributed by atoms with Gasteiger partial charge in [0.2, 0.25) is 0 Å². The fraction of sp³-hybridized carbons (Fsp3) is 0.667. The van der Waals surface area contributed by atoms with E-state index in [1.807, 2.05) is 6.08 Å². The van der Waals surface area contributed by atoms with Gasteiger partial charge in [0.05, 0.1) is 0 Å². The first-order valence-electron chi connectivity index (χ1n) is 3.82. The van der Waals surface area contributed by atoms with E-state index in [4.69, 9.17) is 5.11 Å². The first-order valence-corrected chi connectivity index (χ1v) is 3.82. The Morgan fingerprint density at radius 3 is 2.80 bits per heavy atom. The van der Waals surface area contributed by atoms with Crippen LogP contribution in [0.15, 0.2) is 18.4 Å². The van der Waals surface area contributed by atoms with E-state index < -0.39 is 0 Å². The number of rotatable bonds is 5. The minimum absolute atomic E-state index is 0.293. The molecule has 0 spiro atoms. The van der Waals surface area contributed by atoms with Crippen molar-refractivity contribution in [1.29, 1.82) is 0 Å². The van der Waals surface area contributed by atoms with Gasteiger partial charge >= 0.3 is 0 Å². The maximum atomic E-state index is 8.53. The van der Waals surface area contributed by atoms with E-state index in [-0.39, 0.29) is 0 Å². The van der Waals surface area contributed by atoms with Crippen molar-refractivity contribution in [2.24, 2.45) is 5.92 Å². The van der Waals surface area contributed by atoms with Crippen molar-refractivity contribution in [3.05, 3.63) is 18.4 Å². The Bertz CT molecular complexity index is 112. The molecular formula is C9H16O. The van der Waals surface area contributed by atoms with Gasteiger partial charge in [0.1, 0.15) is 0 Å². The van der Waals surface area contributed by atoms with Crippen molar-refractivity contribution in [1.82, 2.24) is 0 Å². The summed E-state index contributed by atoms with van der Waals surface area (Å²) in [5.74, 6) is 0.560. The monoisotopic (exact) mass is 140 g/mol. The first kappa shape index (κ1) is 9.48. The van der Waals surface area contributed by atoms with Crippen LogP contribution in [-0.4, -0.2) is 11.7 Å². The van der Waals surface area contributed by atoms with Gasteiger partial charge in [-0.25, -0.2) is 0 Å². The minimum Gasteiger partial charge on any atom is -0.396 e. The number of hydrogen-bond acceptors (Lipinski definition) is 1. The summed E-state index contributed by atoms with van der Waals surface area (Å²) in [7, 11) is 0. The molecule has 0 aliphatic rings. The van der Waals surface area contributed by atoms with Crippen LogP contribution in [0.3, 0.4) is 0 Å². The fourth-order valence-corrected chi connectivity index (χ4v) is 0.925. The van der Waals surface area contributed by atoms with E-state index in [0.717, 1.165) is 19.3 Å². The average molecular weight is 140 g/mol. The van der Waals surface area contributed by atoms with E-state index in [1.54, 1.807) is 0 Å². The molecule has 0 aromatic carbocycles. The van der Waals surface area contributed by atoms with Crippen molar-refractivity contribution in [2.45, 2.75) is 26.2 Å². The molecule has 0 fully saturated rings. The number of aliphatic hydroxyl groups is 1. The second kappa shape index (κ2) is 6.60. The van der Waals surface area contributed by atoms with Gasteiger partial charge < -0.3 is 5.11 Å². The Morgan fingerprint density at radius 1 is 1.70 bits per heavy atom. The Hall–Kier alpha value is -0.520. The average Bonchev–Trinajstić information content (AvgIpc) is 1.98. The number of hydrogen-bond donors (Lipinski definition) is 1. The fourth-order valence-electron chi connectivity index (χ4n) is 0.925. The smallest absolute Gasteiger partial charge is 0.0431 e. The maximum absolute atomic E-state index is 8.53. The highest BCUT2D eigenvalue weighted by Gasteiger charge is 1.99. The Morgan fingerprint density at radius 2 is 2.40 bits per heavy atom. The highest BCUT2D eigenvalue weighted by Crippen LogP contribution is 2.10. The zero-order valence-electron chi connectivity index (χ0n) is 6.64. The molecule has 0 heterocycles. The maximum Gasteiger partial charge on any atom is 0.0431 e. The molecule has 0 saturated carbocycles. The third-order valence-corrected chi connectivity index (χ3v) is 1.61. The lowest BCUT2D eigenvalue weighted by molar-refractivity contribution is 0.276. The molecule has 1 heteroatoms. The molecular weight excluding hydrogens is 124 g/mol. The lowest BCUT2D eigenvalue weighted by Gasteiger charge is -2.05.